The van der Waals surface area contributed by atoms with Crippen LogP contribution in [0.5, 0.6) is 11.5 Å². The lowest BCUT2D eigenvalue weighted by molar-refractivity contribution is 0.0961. The van der Waals surface area contributed by atoms with Crippen molar-refractivity contribution < 1.29 is 33.6 Å². The second kappa shape index (κ2) is 21.1. The zero-order valence-electron chi connectivity index (χ0n) is 41.0. The highest BCUT2D eigenvalue weighted by Gasteiger charge is 2.32. The Morgan fingerprint density at radius 1 is 0.622 bits per heavy atom. The van der Waals surface area contributed by atoms with E-state index in [0.717, 1.165) is 70.9 Å². The van der Waals surface area contributed by atoms with Gasteiger partial charge >= 0.3 is 0 Å². The average molecular weight is 1010 g/mol. The van der Waals surface area contributed by atoms with E-state index >= 15 is 0 Å². The van der Waals surface area contributed by atoms with Crippen LogP contribution in [-0.2, 0) is 20.6 Å². The lowest BCUT2D eigenvalue weighted by Crippen LogP contribution is -2.27. The summed E-state index contributed by atoms with van der Waals surface area (Å²) < 4.78 is 15.8. The number of carbonyl (C=O) groups is 3. The smallest absolute Gasteiger partial charge is 0.296 e. The van der Waals surface area contributed by atoms with E-state index in [2.05, 4.69) is 58.2 Å². The summed E-state index contributed by atoms with van der Waals surface area (Å²) in [5.74, 6) is -2.19. The maximum absolute atomic E-state index is 13.0. The van der Waals surface area contributed by atoms with E-state index in [0.29, 0.717) is 29.3 Å². The fourth-order valence-corrected chi connectivity index (χ4v) is 8.54. The molecule has 23 nitrogen and oxygen atoms in total. The SMILES string of the molecule is CC.CNC(=O)c1ccc2nc(-c3nc(C(=O)Nc4cnoc4)c(O)c(=O)n3C)n(C3CCC3)c2c1.Cn1c(-c2nc3cc(NCc4ccccc4)ccc3n2C2CCC2)nc(C(=O)Nc2cnoc2)c(O)c1=O. The molecule has 23 heteroatoms. The number of aromatic nitrogens is 10. The zero-order valence-corrected chi connectivity index (χ0v) is 41.0. The van der Waals surface area contributed by atoms with E-state index in [1.165, 1.54) is 43.6 Å². The van der Waals surface area contributed by atoms with Crippen LogP contribution in [0.2, 0.25) is 0 Å². The van der Waals surface area contributed by atoms with Crippen LogP contribution in [0, 0.1) is 0 Å². The molecule has 6 N–H and O–H groups in total. The fraction of sp³-hybridized carbons (Fsp3) is 0.275. The lowest BCUT2D eigenvalue weighted by atomic mass is 9.92. The van der Waals surface area contributed by atoms with Crippen LogP contribution in [0.4, 0.5) is 17.1 Å². The Balaban J connectivity index is 0.000000177. The Labute approximate surface area is 420 Å². The molecule has 74 heavy (non-hydrogen) atoms. The molecule has 11 rings (SSSR count). The number of benzene rings is 3. The number of imidazole rings is 2. The van der Waals surface area contributed by atoms with Crippen LogP contribution < -0.4 is 32.4 Å². The predicted octanol–water partition coefficient (Wildman–Crippen LogP) is 6.93. The largest absolute Gasteiger partial charge is 0.501 e. The minimum absolute atomic E-state index is 0.0972. The topological polar surface area (TPSA) is 297 Å². The third-order valence-corrected chi connectivity index (χ3v) is 12.8. The highest BCUT2D eigenvalue weighted by atomic mass is 16.5. The first-order valence-corrected chi connectivity index (χ1v) is 23.9. The molecule has 2 saturated carbocycles. The molecule has 9 aromatic rings. The highest BCUT2D eigenvalue weighted by Crippen LogP contribution is 2.40. The summed E-state index contributed by atoms with van der Waals surface area (Å²) in [6, 6.07) is 21.5. The minimum atomic E-state index is -0.798. The molecular formula is C51H52N14O9. The Hall–Kier alpha value is -9.41. The van der Waals surface area contributed by atoms with Crippen LogP contribution in [0.3, 0.4) is 0 Å². The van der Waals surface area contributed by atoms with E-state index in [-0.39, 0.29) is 41.0 Å². The summed E-state index contributed by atoms with van der Waals surface area (Å²) in [7, 11) is 4.51. The molecule has 2 fully saturated rings. The number of carbonyl (C=O) groups excluding carboxylic acids is 3. The average Bonchev–Trinajstić information content (AvgIpc) is 4.23. The summed E-state index contributed by atoms with van der Waals surface area (Å²) in [5, 5.41) is 39.0. The van der Waals surface area contributed by atoms with Gasteiger partial charge in [0.2, 0.25) is 11.5 Å². The molecule has 0 unspecified atom stereocenters. The highest BCUT2D eigenvalue weighted by molar-refractivity contribution is 6.05. The zero-order chi connectivity index (χ0) is 52.2. The first-order chi connectivity index (χ1) is 35.9. The number of anilines is 3. The van der Waals surface area contributed by atoms with Crippen molar-refractivity contribution in [1.82, 2.24) is 53.8 Å². The van der Waals surface area contributed by atoms with Gasteiger partial charge in [0.25, 0.3) is 28.8 Å². The van der Waals surface area contributed by atoms with E-state index in [1.54, 1.807) is 25.2 Å². The van der Waals surface area contributed by atoms with Crippen molar-refractivity contribution in [3.63, 3.8) is 0 Å². The van der Waals surface area contributed by atoms with Gasteiger partial charge < -0.3 is 49.7 Å². The second-order valence-electron chi connectivity index (χ2n) is 17.3. The number of amides is 3. The van der Waals surface area contributed by atoms with Crippen molar-refractivity contribution in [1.29, 1.82) is 0 Å². The van der Waals surface area contributed by atoms with Gasteiger partial charge in [-0.2, -0.15) is 0 Å². The molecule has 3 aromatic carbocycles. The molecule has 0 atom stereocenters. The fourth-order valence-electron chi connectivity index (χ4n) is 8.54. The Morgan fingerprint density at radius 3 is 1.64 bits per heavy atom. The van der Waals surface area contributed by atoms with Gasteiger partial charge in [0.05, 0.1) is 34.5 Å². The summed E-state index contributed by atoms with van der Waals surface area (Å²) in [6.07, 6.45) is 10.9. The van der Waals surface area contributed by atoms with Gasteiger partial charge in [-0.15, -0.1) is 0 Å². The molecule has 6 heterocycles. The lowest BCUT2D eigenvalue weighted by Gasteiger charge is -2.29. The third kappa shape index (κ3) is 9.56. The Kier molecular flexibility index (Phi) is 14.2. The quantitative estimate of drug-likeness (QED) is 0.0723. The Bertz CT molecular complexity index is 3650. The number of nitrogens with one attached hydrogen (secondary N) is 4. The molecule has 0 radical (unpaired) electrons. The standard InChI is InChI=1S/C27H25N7O4.C22H21N7O5.C2H6/c1-33-24(32-22(23(35)27(33)37)26(36)30-18-14-29-38-15-18)25-31-20-12-17(28-13-16-6-3-2-4-7-16)10-11-21(20)34(25)19-8-5-9-19;1-23-20(31)11-6-7-14-15(8-11)29(13-4-3-5-13)19(26-14)18-27-16(17(30)22(33)28(18)2)21(32)25-12-9-24-34-10-12;1-2/h2-4,6-7,10-12,14-15,19,28,35H,5,8-9,13H2,1H3,(H,30,36);6-10,13,30H,3-5H2,1-2H3,(H,23,31)(H,25,32);1-2H3. The van der Waals surface area contributed by atoms with Gasteiger partial charge in [-0.3, -0.25) is 33.1 Å². The second-order valence-corrected chi connectivity index (χ2v) is 17.3. The number of fused-ring (bicyclic) bond motifs is 2. The molecule has 2 aliphatic rings. The van der Waals surface area contributed by atoms with Gasteiger partial charge in [0.1, 0.15) is 23.9 Å². The van der Waals surface area contributed by atoms with Gasteiger partial charge in [0, 0.05) is 51.0 Å². The predicted molar refractivity (Wildman–Crippen MR) is 273 cm³/mol. The van der Waals surface area contributed by atoms with E-state index in [9.17, 15) is 34.2 Å². The van der Waals surface area contributed by atoms with Crippen LogP contribution >= 0.6 is 0 Å². The summed E-state index contributed by atoms with van der Waals surface area (Å²) in [5.41, 5.74) is 3.67. The van der Waals surface area contributed by atoms with Gasteiger partial charge in [-0.05, 0) is 80.5 Å². The van der Waals surface area contributed by atoms with E-state index in [4.69, 9.17) is 19.0 Å². The van der Waals surface area contributed by atoms with Crippen LogP contribution in [0.25, 0.3) is 45.4 Å². The number of rotatable bonds is 12. The Morgan fingerprint density at radius 2 is 1.15 bits per heavy atom. The number of nitrogens with zero attached hydrogens (tertiary/aromatic N) is 10. The molecule has 2 aliphatic carbocycles. The maximum Gasteiger partial charge on any atom is 0.296 e. The monoisotopic (exact) mass is 1000 g/mol. The number of hydrogen-bond acceptors (Lipinski definition) is 16. The first kappa shape index (κ1) is 49.6. The third-order valence-electron chi connectivity index (χ3n) is 12.8. The van der Waals surface area contributed by atoms with Crippen molar-refractivity contribution >= 4 is 56.9 Å². The first-order valence-electron chi connectivity index (χ1n) is 23.9. The minimum Gasteiger partial charge on any atom is -0.501 e. The summed E-state index contributed by atoms with van der Waals surface area (Å²) in [6.45, 7) is 4.67. The van der Waals surface area contributed by atoms with Crippen molar-refractivity contribution in [3.05, 3.63) is 135 Å². The molecule has 0 saturated heterocycles. The summed E-state index contributed by atoms with van der Waals surface area (Å²) in [4.78, 5) is 82.0. The molecule has 0 aliphatic heterocycles. The van der Waals surface area contributed by atoms with Crippen LogP contribution in [0.1, 0.15) is 101 Å². The molecule has 3 amide bonds. The van der Waals surface area contributed by atoms with Crippen molar-refractivity contribution in [2.45, 2.75) is 71.0 Å². The van der Waals surface area contributed by atoms with Crippen molar-refractivity contribution in [2.75, 3.05) is 23.0 Å². The normalized spacial score (nSPS) is 13.2. The number of hydrogen-bond donors (Lipinski definition) is 6. The molecule has 0 bridgehead atoms. The van der Waals surface area contributed by atoms with Gasteiger partial charge in [0.15, 0.2) is 34.7 Å². The summed E-state index contributed by atoms with van der Waals surface area (Å²) >= 11 is 0. The van der Waals surface area contributed by atoms with Crippen LogP contribution in [0.15, 0.2) is 110 Å². The number of aromatic hydroxyl groups is 2. The van der Waals surface area contributed by atoms with Gasteiger partial charge in [-0.1, -0.05) is 54.5 Å². The molecule has 380 valence electrons. The van der Waals surface area contributed by atoms with E-state index in [1.807, 2.05) is 54.8 Å². The van der Waals surface area contributed by atoms with Gasteiger partial charge in [-0.25, -0.2) is 19.9 Å². The molecular weight excluding hydrogens is 953 g/mol. The molecule has 0 spiro atoms. The maximum atomic E-state index is 13.0. The van der Waals surface area contributed by atoms with E-state index < -0.39 is 45.8 Å². The molecule has 6 aromatic heterocycles. The van der Waals surface area contributed by atoms with Crippen LogP contribution in [-0.4, -0.2) is 83.5 Å². The van der Waals surface area contributed by atoms with Crippen molar-refractivity contribution in [3.8, 4) is 34.8 Å². The van der Waals surface area contributed by atoms with Crippen molar-refractivity contribution in [2.24, 2.45) is 14.1 Å².